The molecule has 0 atom stereocenters. The number of H-pyrrole nitrogens is 1. The summed E-state index contributed by atoms with van der Waals surface area (Å²) in [6.07, 6.45) is 3.00. The number of imidazole rings is 1. The molecule has 0 spiro atoms. The zero-order valence-corrected chi connectivity index (χ0v) is 14.5. The molecule has 6 nitrogen and oxygen atoms in total. The highest BCUT2D eigenvalue weighted by Gasteiger charge is 2.13. The van der Waals surface area contributed by atoms with Crippen molar-refractivity contribution in [2.45, 2.75) is 6.92 Å². The Morgan fingerprint density at radius 1 is 1.19 bits per heavy atom. The van der Waals surface area contributed by atoms with Crippen LogP contribution in [0.3, 0.4) is 0 Å². The van der Waals surface area contributed by atoms with Gasteiger partial charge in [0.2, 0.25) is 11.9 Å². The third kappa shape index (κ3) is 3.62. The molecule has 2 aromatic carbocycles. The fraction of sp³-hybridized carbons (Fsp3) is 0.0500. The second-order valence-electron chi connectivity index (χ2n) is 6.03. The number of nitrogens with one attached hydrogen (secondary N) is 2. The number of anilines is 1. The Balaban J connectivity index is 1.57. The van der Waals surface area contributed by atoms with Gasteiger partial charge in [-0.25, -0.2) is 9.37 Å². The lowest BCUT2D eigenvalue weighted by Crippen LogP contribution is -2.13. The summed E-state index contributed by atoms with van der Waals surface area (Å²) >= 11 is 0. The standard InChI is InChI=1S/C20H16FN5O/c1-13-12-18(24-19(27)11-8-14-6-9-15(21)10-7-14)26(25-13)20-22-16-4-2-3-5-17(16)23-20/h2-12H,1H3,(H,22,23)(H,24,27)/b11-8+. The lowest BCUT2D eigenvalue weighted by molar-refractivity contribution is -0.111. The number of amides is 1. The van der Waals surface area contributed by atoms with Crippen LogP contribution in [0.25, 0.3) is 23.1 Å². The van der Waals surface area contributed by atoms with Gasteiger partial charge in [-0.2, -0.15) is 9.78 Å². The van der Waals surface area contributed by atoms with Gasteiger partial charge in [-0.3, -0.25) is 4.79 Å². The molecule has 0 aliphatic heterocycles. The molecule has 0 radical (unpaired) electrons. The van der Waals surface area contributed by atoms with Crippen molar-refractivity contribution in [2.24, 2.45) is 0 Å². The van der Waals surface area contributed by atoms with E-state index >= 15 is 0 Å². The number of benzene rings is 2. The van der Waals surface area contributed by atoms with E-state index in [0.29, 0.717) is 11.8 Å². The van der Waals surface area contributed by atoms with Crippen molar-refractivity contribution in [3.05, 3.63) is 77.7 Å². The molecule has 4 aromatic rings. The number of aromatic amines is 1. The maximum Gasteiger partial charge on any atom is 0.249 e. The maximum absolute atomic E-state index is 12.9. The molecule has 0 aliphatic carbocycles. The van der Waals surface area contributed by atoms with Gasteiger partial charge >= 0.3 is 0 Å². The third-order valence-electron chi connectivity index (χ3n) is 3.96. The first-order valence-electron chi connectivity index (χ1n) is 8.35. The first kappa shape index (κ1) is 16.7. The summed E-state index contributed by atoms with van der Waals surface area (Å²) in [6, 6.07) is 15.3. The van der Waals surface area contributed by atoms with E-state index in [0.717, 1.165) is 22.3 Å². The number of carbonyl (C=O) groups excluding carboxylic acids is 1. The van der Waals surface area contributed by atoms with Crippen molar-refractivity contribution >= 4 is 28.8 Å². The molecule has 27 heavy (non-hydrogen) atoms. The van der Waals surface area contributed by atoms with Crippen LogP contribution < -0.4 is 5.32 Å². The number of aromatic nitrogens is 4. The first-order chi connectivity index (χ1) is 13.1. The van der Waals surface area contributed by atoms with E-state index < -0.39 is 0 Å². The number of rotatable bonds is 4. The third-order valence-corrected chi connectivity index (χ3v) is 3.96. The number of para-hydroxylation sites is 2. The molecule has 0 bridgehead atoms. The predicted octanol–water partition coefficient (Wildman–Crippen LogP) is 3.85. The summed E-state index contributed by atoms with van der Waals surface area (Å²) in [5, 5.41) is 7.20. The van der Waals surface area contributed by atoms with Crippen molar-refractivity contribution in [3.8, 4) is 5.95 Å². The molecule has 134 valence electrons. The van der Waals surface area contributed by atoms with Crippen LogP contribution in [0.4, 0.5) is 10.2 Å². The van der Waals surface area contributed by atoms with Crippen molar-refractivity contribution < 1.29 is 9.18 Å². The van der Waals surface area contributed by atoms with Gasteiger partial charge in [0.1, 0.15) is 11.6 Å². The molecule has 0 fully saturated rings. The van der Waals surface area contributed by atoms with E-state index in [1.165, 1.54) is 18.2 Å². The van der Waals surface area contributed by atoms with Gasteiger partial charge in [0.05, 0.1) is 16.7 Å². The normalized spacial score (nSPS) is 11.3. The lowest BCUT2D eigenvalue weighted by atomic mass is 10.2. The van der Waals surface area contributed by atoms with E-state index in [2.05, 4.69) is 20.4 Å². The number of halogens is 1. The molecule has 0 unspecified atom stereocenters. The Labute approximate surface area is 154 Å². The Hall–Kier alpha value is -3.74. The highest BCUT2D eigenvalue weighted by atomic mass is 19.1. The van der Waals surface area contributed by atoms with Crippen LogP contribution in [0, 0.1) is 12.7 Å². The van der Waals surface area contributed by atoms with Crippen LogP contribution in [0.1, 0.15) is 11.3 Å². The van der Waals surface area contributed by atoms with E-state index in [-0.39, 0.29) is 11.7 Å². The molecule has 4 rings (SSSR count). The fourth-order valence-electron chi connectivity index (χ4n) is 2.70. The van der Waals surface area contributed by atoms with Gasteiger partial charge in [0.25, 0.3) is 0 Å². The van der Waals surface area contributed by atoms with Gasteiger partial charge in [0.15, 0.2) is 0 Å². The Morgan fingerprint density at radius 3 is 2.74 bits per heavy atom. The topological polar surface area (TPSA) is 75.6 Å². The zero-order chi connectivity index (χ0) is 18.8. The highest BCUT2D eigenvalue weighted by molar-refractivity contribution is 6.01. The number of aryl methyl sites for hydroxylation is 1. The second kappa shape index (κ2) is 6.87. The molecular formula is C20H16FN5O. The SMILES string of the molecule is Cc1cc(NC(=O)/C=C/c2ccc(F)cc2)n(-c2nc3ccccc3[nH]2)n1. The average Bonchev–Trinajstić information content (AvgIpc) is 3.24. The molecule has 0 saturated heterocycles. The van der Waals surface area contributed by atoms with Crippen LogP contribution in [0.5, 0.6) is 0 Å². The minimum Gasteiger partial charge on any atom is -0.322 e. The summed E-state index contributed by atoms with van der Waals surface area (Å²) in [6.45, 7) is 1.84. The van der Waals surface area contributed by atoms with Crippen LogP contribution >= 0.6 is 0 Å². The average molecular weight is 361 g/mol. The minimum absolute atomic E-state index is 0.318. The summed E-state index contributed by atoms with van der Waals surface area (Å²) in [7, 11) is 0. The molecule has 2 heterocycles. The van der Waals surface area contributed by atoms with Gasteiger partial charge in [-0.05, 0) is 42.8 Å². The van der Waals surface area contributed by atoms with Crippen molar-refractivity contribution in [1.82, 2.24) is 19.7 Å². The quantitative estimate of drug-likeness (QED) is 0.542. The smallest absolute Gasteiger partial charge is 0.249 e. The van der Waals surface area contributed by atoms with Gasteiger partial charge < -0.3 is 10.3 Å². The van der Waals surface area contributed by atoms with Crippen molar-refractivity contribution in [2.75, 3.05) is 5.32 Å². The first-order valence-corrected chi connectivity index (χ1v) is 8.35. The van der Waals surface area contributed by atoms with Gasteiger partial charge in [0, 0.05) is 12.1 Å². The molecular weight excluding hydrogens is 345 g/mol. The molecule has 0 aliphatic rings. The Kier molecular flexibility index (Phi) is 4.25. The number of carbonyl (C=O) groups is 1. The van der Waals surface area contributed by atoms with Crippen LogP contribution in [-0.2, 0) is 4.79 Å². The van der Waals surface area contributed by atoms with E-state index in [9.17, 15) is 9.18 Å². The predicted molar refractivity (Wildman–Crippen MR) is 102 cm³/mol. The molecule has 2 aromatic heterocycles. The largest absolute Gasteiger partial charge is 0.322 e. The van der Waals surface area contributed by atoms with E-state index in [4.69, 9.17) is 0 Å². The summed E-state index contributed by atoms with van der Waals surface area (Å²) in [5.74, 6) is 0.376. The van der Waals surface area contributed by atoms with Crippen molar-refractivity contribution in [3.63, 3.8) is 0 Å². The van der Waals surface area contributed by atoms with Crippen molar-refractivity contribution in [1.29, 1.82) is 0 Å². The molecule has 0 saturated carbocycles. The number of fused-ring (bicyclic) bond motifs is 1. The zero-order valence-electron chi connectivity index (χ0n) is 14.5. The fourth-order valence-corrected chi connectivity index (χ4v) is 2.70. The second-order valence-corrected chi connectivity index (χ2v) is 6.03. The molecule has 2 N–H and O–H groups in total. The van der Waals surface area contributed by atoms with E-state index in [1.54, 1.807) is 29.0 Å². The maximum atomic E-state index is 12.9. The number of nitrogens with zero attached hydrogens (tertiary/aromatic N) is 3. The van der Waals surface area contributed by atoms with Crippen LogP contribution in [-0.4, -0.2) is 25.7 Å². The molecule has 7 heteroatoms. The summed E-state index contributed by atoms with van der Waals surface area (Å²) in [5.41, 5.74) is 3.17. The highest BCUT2D eigenvalue weighted by Crippen LogP contribution is 2.18. The Morgan fingerprint density at radius 2 is 1.96 bits per heavy atom. The van der Waals surface area contributed by atoms with Gasteiger partial charge in [-0.1, -0.05) is 24.3 Å². The monoisotopic (exact) mass is 361 g/mol. The van der Waals surface area contributed by atoms with Crippen LogP contribution in [0.15, 0.2) is 60.7 Å². The summed E-state index contributed by atoms with van der Waals surface area (Å²) in [4.78, 5) is 20.0. The molecule has 1 amide bonds. The van der Waals surface area contributed by atoms with Gasteiger partial charge in [-0.15, -0.1) is 0 Å². The lowest BCUT2D eigenvalue weighted by Gasteiger charge is -2.04. The summed E-state index contributed by atoms with van der Waals surface area (Å²) < 4.78 is 14.5. The number of hydrogen-bond acceptors (Lipinski definition) is 3. The Bertz CT molecular complexity index is 1110. The minimum atomic E-state index is -0.323. The van der Waals surface area contributed by atoms with E-state index in [1.807, 2.05) is 31.2 Å². The number of hydrogen-bond donors (Lipinski definition) is 2. The van der Waals surface area contributed by atoms with Crippen LogP contribution in [0.2, 0.25) is 0 Å².